The van der Waals surface area contributed by atoms with Crippen molar-refractivity contribution in [3.8, 4) is 0 Å². The molecule has 1 fully saturated rings. The Bertz CT molecular complexity index is 728. The summed E-state index contributed by atoms with van der Waals surface area (Å²) in [5.74, 6) is -0.184. The molecular formula is C15H19FIN3S. The Hall–Kier alpha value is -0.470. The van der Waals surface area contributed by atoms with Crippen molar-refractivity contribution in [2.24, 2.45) is 0 Å². The minimum absolute atomic E-state index is 0.132. The van der Waals surface area contributed by atoms with Crippen LogP contribution in [0.25, 0.3) is 11.0 Å². The highest BCUT2D eigenvalue weighted by atomic mass is 127. The number of aromatic nitrogens is 2. The lowest BCUT2D eigenvalue weighted by molar-refractivity contribution is 0.135. The highest BCUT2D eigenvalue weighted by Gasteiger charge is 2.36. The molecule has 1 aromatic heterocycles. The smallest absolute Gasteiger partial charge is 0.178 e. The van der Waals surface area contributed by atoms with Crippen LogP contribution in [0.15, 0.2) is 12.1 Å². The van der Waals surface area contributed by atoms with Crippen molar-refractivity contribution < 1.29 is 4.39 Å². The first-order valence-electron chi connectivity index (χ1n) is 7.18. The summed E-state index contributed by atoms with van der Waals surface area (Å²) >= 11 is 7.48. The molecule has 1 saturated carbocycles. The molecule has 1 heterocycles. The maximum atomic E-state index is 13.9. The summed E-state index contributed by atoms with van der Waals surface area (Å²) in [5.41, 5.74) is 1.91. The fourth-order valence-electron chi connectivity index (χ4n) is 3.38. The van der Waals surface area contributed by atoms with Crippen LogP contribution in [0.4, 0.5) is 4.39 Å². The van der Waals surface area contributed by atoms with Gasteiger partial charge in [0.05, 0.1) is 14.6 Å². The van der Waals surface area contributed by atoms with Gasteiger partial charge in [0.15, 0.2) is 4.77 Å². The minimum Gasteiger partial charge on any atom is -0.331 e. The topological polar surface area (TPSA) is 24.0 Å². The summed E-state index contributed by atoms with van der Waals surface area (Å²) in [6.45, 7) is 0.818. The Labute approximate surface area is 142 Å². The van der Waals surface area contributed by atoms with E-state index < -0.39 is 0 Å². The van der Waals surface area contributed by atoms with E-state index in [1.807, 2.05) is 28.7 Å². The standard InChI is InChI=1S/C15H19FIN3S/c1-19(2)15(5-3-4-6-15)9-20-13-7-10(16)11(17)8-12(13)18-14(20)21/h7-8H,3-6,9H2,1-2H3,(H,18,21). The molecule has 3 nitrogen and oxygen atoms in total. The molecule has 1 aromatic carbocycles. The average molecular weight is 419 g/mol. The van der Waals surface area contributed by atoms with E-state index in [1.165, 1.54) is 25.7 Å². The van der Waals surface area contributed by atoms with Crippen molar-refractivity contribution in [2.75, 3.05) is 14.1 Å². The number of rotatable bonds is 3. The van der Waals surface area contributed by atoms with Crippen molar-refractivity contribution in [1.82, 2.24) is 14.5 Å². The lowest BCUT2D eigenvalue weighted by Crippen LogP contribution is -2.45. The first-order chi connectivity index (χ1) is 9.93. The Morgan fingerprint density at radius 3 is 2.67 bits per heavy atom. The van der Waals surface area contributed by atoms with Crippen LogP contribution in [0, 0.1) is 14.2 Å². The third-order valence-electron chi connectivity index (χ3n) is 4.75. The lowest BCUT2D eigenvalue weighted by atomic mass is 9.96. The van der Waals surface area contributed by atoms with E-state index in [4.69, 9.17) is 12.2 Å². The number of nitrogens with zero attached hydrogens (tertiary/aromatic N) is 2. The molecule has 1 aliphatic rings. The summed E-state index contributed by atoms with van der Waals surface area (Å²) < 4.78 is 17.3. The zero-order valence-electron chi connectivity index (χ0n) is 12.2. The van der Waals surface area contributed by atoms with Gasteiger partial charge in [-0.25, -0.2) is 4.39 Å². The second-order valence-electron chi connectivity index (χ2n) is 6.13. The molecule has 0 radical (unpaired) electrons. The Morgan fingerprint density at radius 2 is 2.05 bits per heavy atom. The number of fused-ring (bicyclic) bond motifs is 1. The SMILES string of the molecule is CN(C)C1(Cn2c(=S)[nH]c3cc(I)c(F)cc32)CCCC1. The van der Waals surface area contributed by atoms with Gasteiger partial charge < -0.3 is 14.5 Å². The van der Waals surface area contributed by atoms with Crippen LogP contribution in [-0.4, -0.2) is 34.1 Å². The van der Waals surface area contributed by atoms with E-state index in [2.05, 4.69) is 28.5 Å². The van der Waals surface area contributed by atoms with Gasteiger partial charge in [0.1, 0.15) is 5.82 Å². The first kappa shape index (κ1) is 15.4. The molecule has 114 valence electrons. The van der Waals surface area contributed by atoms with Crippen LogP contribution < -0.4 is 0 Å². The van der Waals surface area contributed by atoms with Gasteiger partial charge in [0.2, 0.25) is 0 Å². The highest BCUT2D eigenvalue weighted by Crippen LogP contribution is 2.36. The second-order valence-corrected chi connectivity index (χ2v) is 7.67. The van der Waals surface area contributed by atoms with Gasteiger partial charge in [-0.1, -0.05) is 12.8 Å². The van der Waals surface area contributed by atoms with Gasteiger partial charge in [-0.05, 0) is 67.8 Å². The first-order valence-corrected chi connectivity index (χ1v) is 8.67. The number of hydrogen-bond acceptors (Lipinski definition) is 2. The number of aromatic amines is 1. The maximum absolute atomic E-state index is 13.9. The van der Waals surface area contributed by atoms with Crippen LogP contribution in [0.2, 0.25) is 0 Å². The van der Waals surface area contributed by atoms with E-state index >= 15 is 0 Å². The number of imidazole rings is 1. The second kappa shape index (κ2) is 5.62. The lowest BCUT2D eigenvalue weighted by Gasteiger charge is -2.36. The number of H-pyrrole nitrogens is 1. The molecular weight excluding hydrogens is 400 g/mol. The molecule has 21 heavy (non-hydrogen) atoms. The van der Waals surface area contributed by atoms with Gasteiger partial charge in [-0.3, -0.25) is 0 Å². The summed E-state index contributed by atoms with van der Waals surface area (Å²) in [5, 5.41) is 0. The monoisotopic (exact) mass is 419 g/mol. The fraction of sp³-hybridized carbons (Fsp3) is 0.533. The van der Waals surface area contributed by atoms with Crippen molar-refractivity contribution in [1.29, 1.82) is 0 Å². The molecule has 0 aliphatic heterocycles. The number of halogens is 2. The van der Waals surface area contributed by atoms with Crippen molar-refractivity contribution >= 4 is 45.8 Å². The third kappa shape index (κ3) is 2.66. The van der Waals surface area contributed by atoms with Crippen molar-refractivity contribution in [3.63, 3.8) is 0 Å². The van der Waals surface area contributed by atoms with Gasteiger partial charge in [0.25, 0.3) is 0 Å². The number of hydrogen-bond donors (Lipinski definition) is 1. The molecule has 0 atom stereocenters. The molecule has 6 heteroatoms. The normalized spacial score (nSPS) is 18.0. The Kier molecular flexibility index (Phi) is 4.13. The van der Waals surface area contributed by atoms with Gasteiger partial charge >= 0.3 is 0 Å². The van der Waals surface area contributed by atoms with Crippen LogP contribution in [-0.2, 0) is 6.54 Å². The minimum atomic E-state index is -0.184. The molecule has 1 N–H and O–H groups in total. The number of likely N-dealkylation sites (N-methyl/N-ethyl adjacent to an activating group) is 1. The number of benzene rings is 1. The molecule has 0 unspecified atom stereocenters. The Morgan fingerprint density at radius 1 is 1.38 bits per heavy atom. The average Bonchev–Trinajstić information content (AvgIpc) is 2.99. The summed E-state index contributed by atoms with van der Waals surface area (Å²) in [6, 6.07) is 3.43. The quantitative estimate of drug-likeness (QED) is 0.592. The summed E-state index contributed by atoms with van der Waals surface area (Å²) in [6.07, 6.45) is 4.84. The fourth-order valence-corrected chi connectivity index (χ4v) is 4.12. The maximum Gasteiger partial charge on any atom is 0.178 e. The van der Waals surface area contributed by atoms with Crippen LogP contribution in [0.1, 0.15) is 25.7 Å². The summed E-state index contributed by atoms with van der Waals surface area (Å²) in [4.78, 5) is 5.52. The molecule has 0 amide bonds. The largest absolute Gasteiger partial charge is 0.331 e. The van der Waals surface area contributed by atoms with E-state index in [9.17, 15) is 4.39 Å². The van der Waals surface area contributed by atoms with Crippen LogP contribution in [0.5, 0.6) is 0 Å². The molecule has 0 saturated heterocycles. The molecule has 0 spiro atoms. The third-order valence-corrected chi connectivity index (χ3v) is 5.90. The predicted octanol–water partition coefficient (Wildman–Crippen LogP) is 4.32. The van der Waals surface area contributed by atoms with Gasteiger partial charge in [-0.15, -0.1) is 0 Å². The number of nitrogens with one attached hydrogen (secondary N) is 1. The molecule has 0 bridgehead atoms. The van der Waals surface area contributed by atoms with E-state index in [0.717, 1.165) is 17.6 Å². The molecule has 3 rings (SSSR count). The highest BCUT2D eigenvalue weighted by molar-refractivity contribution is 14.1. The van der Waals surface area contributed by atoms with E-state index in [0.29, 0.717) is 8.34 Å². The van der Waals surface area contributed by atoms with Crippen molar-refractivity contribution in [3.05, 3.63) is 26.3 Å². The summed E-state index contributed by atoms with van der Waals surface area (Å²) in [7, 11) is 4.26. The van der Waals surface area contributed by atoms with Crippen LogP contribution in [0.3, 0.4) is 0 Å². The zero-order chi connectivity index (χ0) is 15.2. The predicted molar refractivity (Wildman–Crippen MR) is 94.7 cm³/mol. The van der Waals surface area contributed by atoms with Crippen molar-refractivity contribution in [2.45, 2.75) is 37.8 Å². The molecule has 2 aromatic rings. The van der Waals surface area contributed by atoms with Gasteiger partial charge in [-0.2, -0.15) is 0 Å². The molecule has 1 aliphatic carbocycles. The van der Waals surface area contributed by atoms with E-state index in [-0.39, 0.29) is 11.4 Å². The zero-order valence-corrected chi connectivity index (χ0v) is 15.2. The van der Waals surface area contributed by atoms with Gasteiger partial charge in [0, 0.05) is 18.2 Å². The van der Waals surface area contributed by atoms with Crippen LogP contribution >= 0.6 is 34.8 Å². The van der Waals surface area contributed by atoms with E-state index in [1.54, 1.807) is 6.07 Å². The Balaban J connectivity index is 2.10.